The largest absolute Gasteiger partial charge is 0.444 e. The Morgan fingerprint density at radius 3 is 2.18 bits per heavy atom. The van der Waals surface area contributed by atoms with Gasteiger partial charge in [0.05, 0.1) is 0 Å². The Hall–Kier alpha value is -3.10. The quantitative estimate of drug-likeness (QED) is 0.346. The van der Waals surface area contributed by atoms with Crippen molar-refractivity contribution in [3.05, 3.63) is 34.9 Å². The Morgan fingerprint density at radius 2 is 1.66 bits per heavy atom. The summed E-state index contributed by atoms with van der Waals surface area (Å²) in [5.41, 5.74) is 7.22. The lowest BCUT2D eigenvalue weighted by molar-refractivity contribution is -0.145. The van der Waals surface area contributed by atoms with Crippen LogP contribution >= 0.6 is 0 Å². The predicted molar refractivity (Wildman–Crippen MR) is 149 cm³/mol. The second kappa shape index (κ2) is 14.7. The number of amides is 4. The van der Waals surface area contributed by atoms with Crippen molar-refractivity contribution in [2.45, 2.75) is 124 Å². The van der Waals surface area contributed by atoms with Crippen LogP contribution in [0.4, 0.5) is 4.79 Å². The summed E-state index contributed by atoms with van der Waals surface area (Å²) in [6.07, 6.45) is 1.35. The van der Waals surface area contributed by atoms with Gasteiger partial charge >= 0.3 is 6.09 Å². The van der Waals surface area contributed by atoms with Gasteiger partial charge in [-0.2, -0.15) is 0 Å². The van der Waals surface area contributed by atoms with Crippen LogP contribution in [0.1, 0.15) is 103 Å². The van der Waals surface area contributed by atoms with E-state index >= 15 is 0 Å². The Balaban J connectivity index is 3.64. The van der Waals surface area contributed by atoms with Gasteiger partial charge in [-0.15, -0.1) is 0 Å². The van der Waals surface area contributed by atoms with Crippen LogP contribution in [-0.2, 0) is 19.1 Å². The molecule has 0 aliphatic rings. The summed E-state index contributed by atoms with van der Waals surface area (Å²) in [5.74, 6) is -1.36. The van der Waals surface area contributed by atoms with Gasteiger partial charge in [0.1, 0.15) is 17.7 Å². The molecular formula is C29H48N4O5. The molecule has 0 aliphatic carbocycles. The van der Waals surface area contributed by atoms with Gasteiger partial charge in [-0.25, -0.2) is 4.79 Å². The lowest BCUT2D eigenvalue weighted by Crippen LogP contribution is -2.56. The fourth-order valence-electron chi connectivity index (χ4n) is 4.28. The van der Waals surface area contributed by atoms with Gasteiger partial charge in [0.15, 0.2) is 0 Å². The number of nitrogens with two attached hydrogens (primary N) is 1. The van der Waals surface area contributed by atoms with E-state index in [-0.39, 0.29) is 30.8 Å². The summed E-state index contributed by atoms with van der Waals surface area (Å²) in [6.45, 7) is 16.8. The Kier molecular flexibility index (Phi) is 12.8. The van der Waals surface area contributed by atoms with Crippen molar-refractivity contribution >= 4 is 23.8 Å². The molecule has 4 atom stereocenters. The Bertz CT molecular complexity index is 972. The van der Waals surface area contributed by atoms with Crippen LogP contribution in [0.25, 0.3) is 0 Å². The molecule has 9 nitrogen and oxygen atoms in total. The van der Waals surface area contributed by atoms with Crippen LogP contribution in [-0.4, -0.2) is 52.4 Å². The van der Waals surface area contributed by atoms with Crippen molar-refractivity contribution < 1.29 is 23.9 Å². The number of ether oxygens (including phenoxy) is 1. The molecule has 4 amide bonds. The molecule has 0 saturated heterocycles. The summed E-state index contributed by atoms with van der Waals surface area (Å²) in [6, 6.07) is 3.21. The van der Waals surface area contributed by atoms with Gasteiger partial charge in [-0.3, -0.25) is 14.4 Å². The van der Waals surface area contributed by atoms with Crippen molar-refractivity contribution in [3.63, 3.8) is 0 Å². The third kappa shape index (κ3) is 9.99. The van der Waals surface area contributed by atoms with E-state index < -0.39 is 35.6 Å². The number of alkyl carbamates (subject to hydrolysis) is 1. The van der Waals surface area contributed by atoms with Crippen molar-refractivity contribution in [2.24, 2.45) is 5.73 Å². The maximum atomic E-state index is 14.2. The van der Waals surface area contributed by atoms with Crippen LogP contribution in [0, 0.1) is 13.8 Å². The third-order valence-corrected chi connectivity index (χ3v) is 6.57. The number of carbonyl (C=O) groups excluding carboxylic acids is 4. The summed E-state index contributed by atoms with van der Waals surface area (Å²) in [4.78, 5) is 53.9. The minimum atomic E-state index is -1.11. The first-order chi connectivity index (χ1) is 17.6. The van der Waals surface area contributed by atoms with E-state index in [4.69, 9.17) is 10.5 Å². The fourth-order valence-corrected chi connectivity index (χ4v) is 4.28. The monoisotopic (exact) mass is 532 g/mol. The molecule has 0 fully saturated rings. The molecule has 0 aromatic heterocycles. The van der Waals surface area contributed by atoms with Gasteiger partial charge in [-0.05, 0) is 84.4 Å². The summed E-state index contributed by atoms with van der Waals surface area (Å²) in [5, 5.41) is 5.71. The first kappa shape index (κ1) is 32.9. The molecule has 4 N–H and O–H groups in total. The maximum absolute atomic E-state index is 14.2. The first-order valence-electron chi connectivity index (χ1n) is 13.6. The highest BCUT2D eigenvalue weighted by Crippen LogP contribution is 2.30. The van der Waals surface area contributed by atoms with Crippen LogP contribution in [0.3, 0.4) is 0 Å². The highest BCUT2D eigenvalue weighted by molar-refractivity contribution is 5.93. The SMILES string of the molecule is CCCC(C)NC(=O)C(c1cccc(C)c1C)N(C(=O)C(CCC(N)=O)NC(=O)OC(C)(C)C)C(C)CC. The van der Waals surface area contributed by atoms with Crippen molar-refractivity contribution in [1.29, 1.82) is 0 Å². The molecular weight excluding hydrogens is 484 g/mol. The number of benzene rings is 1. The van der Waals surface area contributed by atoms with E-state index in [1.165, 1.54) is 0 Å². The van der Waals surface area contributed by atoms with Crippen molar-refractivity contribution in [3.8, 4) is 0 Å². The van der Waals surface area contributed by atoms with Gasteiger partial charge in [-0.1, -0.05) is 38.5 Å². The average molecular weight is 533 g/mol. The minimum Gasteiger partial charge on any atom is -0.444 e. The standard InChI is InChI=1S/C29H48N4O5/c1-10-13-19(4)31-26(35)25(22-15-12-14-18(3)21(22)6)33(20(5)11-2)27(36)23(16-17-24(30)34)32-28(37)38-29(7,8)9/h12,14-15,19-20,23,25H,10-11,13,16-17H2,1-9H3,(H2,30,34)(H,31,35)(H,32,37). The molecule has 4 unspecified atom stereocenters. The van der Waals surface area contributed by atoms with Gasteiger partial charge in [0.25, 0.3) is 0 Å². The molecule has 1 rings (SSSR count). The zero-order valence-electron chi connectivity index (χ0n) is 24.6. The van der Waals surface area contributed by atoms with E-state index in [0.29, 0.717) is 12.0 Å². The third-order valence-electron chi connectivity index (χ3n) is 6.57. The number of carbonyl (C=O) groups is 4. The molecule has 214 valence electrons. The number of hydrogen-bond donors (Lipinski definition) is 3. The van der Waals surface area contributed by atoms with Crippen LogP contribution in [0.15, 0.2) is 18.2 Å². The topological polar surface area (TPSA) is 131 Å². The molecule has 0 spiro atoms. The maximum Gasteiger partial charge on any atom is 0.408 e. The van der Waals surface area contributed by atoms with Crippen LogP contribution in [0.5, 0.6) is 0 Å². The van der Waals surface area contributed by atoms with E-state index in [1.54, 1.807) is 25.7 Å². The highest BCUT2D eigenvalue weighted by atomic mass is 16.6. The predicted octanol–water partition coefficient (Wildman–Crippen LogP) is 4.44. The molecule has 9 heteroatoms. The molecule has 0 saturated carbocycles. The number of hydrogen-bond acceptors (Lipinski definition) is 5. The summed E-state index contributed by atoms with van der Waals surface area (Å²) < 4.78 is 5.38. The number of primary amides is 1. The molecule has 0 bridgehead atoms. The number of nitrogens with zero attached hydrogens (tertiary/aromatic N) is 1. The van der Waals surface area contributed by atoms with Gasteiger partial charge in [0.2, 0.25) is 17.7 Å². The molecule has 0 aliphatic heterocycles. The molecule has 0 radical (unpaired) electrons. The van der Waals surface area contributed by atoms with E-state index in [2.05, 4.69) is 10.6 Å². The molecule has 1 aromatic rings. The van der Waals surface area contributed by atoms with E-state index in [0.717, 1.165) is 24.0 Å². The average Bonchev–Trinajstić information content (AvgIpc) is 2.80. The zero-order valence-corrected chi connectivity index (χ0v) is 24.6. The zero-order chi connectivity index (χ0) is 29.2. The molecule has 38 heavy (non-hydrogen) atoms. The normalized spacial score (nSPS) is 14.6. The second-order valence-corrected chi connectivity index (χ2v) is 11.1. The number of nitrogens with one attached hydrogen (secondary N) is 2. The minimum absolute atomic E-state index is 0.0201. The van der Waals surface area contributed by atoms with Crippen LogP contribution in [0.2, 0.25) is 0 Å². The fraction of sp³-hybridized carbons (Fsp3) is 0.655. The Labute approximate surface area is 228 Å². The van der Waals surface area contributed by atoms with Crippen LogP contribution < -0.4 is 16.4 Å². The highest BCUT2D eigenvalue weighted by Gasteiger charge is 2.39. The lowest BCUT2D eigenvalue weighted by Gasteiger charge is -2.39. The molecule has 0 heterocycles. The summed E-state index contributed by atoms with van der Waals surface area (Å²) in [7, 11) is 0. The lowest BCUT2D eigenvalue weighted by atomic mass is 9.93. The van der Waals surface area contributed by atoms with Gasteiger partial charge < -0.3 is 26.0 Å². The smallest absolute Gasteiger partial charge is 0.408 e. The number of aryl methyl sites for hydroxylation is 1. The molecule has 1 aromatic carbocycles. The van der Waals surface area contributed by atoms with Gasteiger partial charge in [0, 0.05) is 18.5 Å². The second-order valence-electron chi connectivity index (χ2n) is 11.1. The number of rotatable bonds is 13. The first-order valence-corrected chi connectivity index (χ1v) is 13.6. The van der Waals surface area contributed by atoms with E-state index in [1.807, 2.05) is 59.7 Å². The Morgan fingerprint density at radius 1 is 1.03 bits per heavy atom. The van der Waals surface area contributed by atoms with Crippen molar-refractivity contribution in [1.82, 2.24) is 15.5 Å². The summed E-state index contributed by atoms with van der Waals surface area (Å²) >= 11 is 0. The van der Waals surface area contributed by atoms with Crippen molar-refractivity contribution in [2.75, 3.05) is 0 Å². The van der Waals surface area contributed by atoms with E-state index in [9.17, 15) is 19.2 Å².